The molecular weight excluding hydrogens is 260 g/mol. The van der Waals surface area contributed by atoms with E-state index in [0.717, 1.165) is 0 Å². The number of benzene rings is 1. The summed E-state index contributed by atoms with van der Waals surface area (Å²) in [5, 5.41) is 8.96. The number of halogens is 1. The molecule has 1 N–H and O–H groups in total. The number of hydrogen-bond donors (Lipinski definition) is 1. The number of carboxylic acids is 1. The summed E-state index contributed by atoms with van der Waals surface area (Å²) >= 11 is 3.13. The highest BCUT2D eigenvalue weighted by molar-refractivity contribution is 9.10. The zero-order valence-corrected chi connectivity index (χ0v) is 10.0. The largest absolute Gasteiger partial charge is 0.480 e. The van der Waals surface area contributed by atoms with Crippen LogP contribution in [0, 0.1) is 0 Å². The first kappa shape index (κ1) is 11.9. The minimum Gasteiger partial charge on any atom is -0.480 e. The van der Waals surface area contributed by atoms with Crippen molar-refractivity contribution in [2.45, 2.75) is 18.2 Å². The molecule has 0 radical (unpaired) electrons. The van der Waals surface area contributed by atoms with Crippen molar-refractivity contribution in [3.63, 3.8) is 0 Å². The van der Waals surface area contributed by atoms with Crippen molar-refractivity contribution in [1.29, 1.82) is 0 Å². The highest BCUT2D eigenvalue weighted by Crippen LogP contribution is 2.31. The van der Waals surface area contributed by atoms with E-state index in [2.05, 4.69) is 15.9 Å². The van der Waals surface area contributed by atoms with Gasteiger partial charge in [-0.25, -0.2) is 0 Å². The fraction of sp³-hybridized carbons (Fsp3) is 0.273. The van der Waals surface area contributed by atoms with Gasteiger partial charge in [-0.15, -0.1) is 0 Å². The first-order chi connectivity index (χ1) is 6.85. The van der Waals surface area contributed by atoms with Gasteiger partial charge >= 0.3 is 5.97 Å². The third-order valence-electron chi connectivity index (χ3n) is 2.24. The van der Waals surface area contributed by atoms with Crippen LogP contribution in [0.4, 0.5) is 0 Å². The molecule has 1 aromatic rings. The van der Waals surface area contributed by atoms with E-state index < -0.39 is 10.3 Å². The molecular formula is C11H11BrO3. The lowest BCUT2D eigenvalue weighted by Gasteiger charge is -2.17. The second kappa shape index (κ2) is 4.14. The van der Waals surface area contributed by atoms with Crippen LogP contribution >= 0.6 is 15.9 Å². The maximum Gasteiger partial charge on any atom is 0.324 e. The van der Waals surface area contributed by atoms with Gasteiger partial charge in [0, 0.05) is 5.56 Å². The minimum absolute atomic E-state index is 0.0341. The first-order valence-corrected chi connectivity index (χ1v) is 5.19. The summed E-state index contributed by atoms with van der Waals surface area (Å²) < 4.78 is -1.11. The van der Waals surface area contributed by atoms with Gasteiger partial charge in [0.25, 0.3) is 0 Å². The molecule has 15 heavy (non-hydrogen) atoms. The molecule has 4 heteroatoms. The molecule has 0 aliphatic carbocycles. The first-order valence-electron chi connectivity index (χ1n) is 4.39. The topological polar surface area (TPSA) is 54.4 Å². The number of carboxylic acid groups (broad SMARTS) is 1. The third-order valence-corrected chi connectivity index (χ3v) is 3.03. The molecule has 1 unspecified atom stereocenters. The predicted octanol–water partition coefficient (Wildman–Crippen LogP) is 2.58. The molecule has 1 atom stereocenters. The van der Waals surface area contributed by atoms with Crippen LogP contribution in [0.15, 0.2) is 24.3 Å². The Morgan fingerprint density at radius 3 is 2.07 bits per heavy atom. The van der Waals surface area contributed by atoms with E-state index in [-0.39, 0.29) is 5.78 Å². The Kier molecular flexibility index (Phi) is 3.29. The second-order valence-electron chi connectivity index (χ2n) is 3.44. The number of rotatable bonds is 3. The van der Waals surface area contributed by atoms with Crippen molar-refractivity contribution in [1.82, 2.24) is 0 Å². The van der Waals surface area contributed by atoms with Gasteiger partial charge in [-0.3, -0.25) is 9.59 Å². The van der Waals surface area contributed by atoms with E-state index in [1.54, 1.807) is 31.2 Å². The Balaban J connectivity index is 3.09. The molecule has 0 aliphatic rings. The van der Waals surface area contributed by atoms with E-state index in [1.807, 2.05) is 0 Å². The van der Waals surface area contributed by atoms with Crippen LogP contribution < -0.4 is 0 Å². The Morgan fingerprint density at radius 1 is 1.27 bits per heavy atom. The van der Waals surface area contributed by atoms with Crippen molar-refractivity contribution in [3.8, 4) is 0 Å². The number of carbonyl (C=O) groups is 2. The molecule has 3 nitrogen and oxygen atoms in total. The minimum atomic E-state index is -1.11. The highest BCUT2D eigenvalue weighted by Gasteiger charge is 2.31. The summed E-state index contributed by atoms with van der Waals surface area (Å²) in [4.78, 5) is 21.9. The van der Waals surface area contributed by atoms with Crippen LogP contribution in [0.25, 0.3) is 0 Å². The molecule has 0 heterocycles. The normalized spacial score (nSPS) is 14.3. The monoisotopic (exact) mass is 270 g/mol. The number of alkyl halides is 1. The van der Waals surface area contributed by atoms with E-state index >= 15 is 0 Å². The Labute approximate surface area is 96.2 Å². The summed E-state index contributed by atoms with van der Waals surface area (Å²) in [7, 11) is 0. The Hall–Kier alpha value is -1.16. The van der Waals surface area contributed by atoms with Crippen molar-refractivity contribution in [2.24, 2.45) is 0 Å². The lowest BCUT2D eigenvalue weighted by atomic mass is 9.99. The molecule has 1 aromatic carbocycles. The average Bonchev–Trinajstić information content (AvgIpc) is 2.17. The van der Waals surface area contributed by atoms with Gasteiger partial charge < -0.3 is 5.11 Å². The summed E-state index contributed by atoms with van der Waals surface area (Å²) in [6, 6.07) is 6.53. The smallest absolute Gasteiger partial charge is 0.324 e. The fourth-order valence-electron chi connectivity index (χ4n) is 1.14. The quantitative estimate of drug-likeness (QED) is 0.679. The van der Waals surface area contributed by atoms with Crippen molar-refractivity contribution < 1.29 is 14.7 Å². The number of ketones is 1. The molecule has 0 saturated heterocycles. The van der Waals surface area contributed by atoms with Crippen molar-refractivity contribution >= 4 is 27.7 Å². The standard InChI is InChI=1S/C11H11BrO3/c1-7(13)8-3-5-9(6-4-8)11(2,12)10(14)15/h3-6H,1-2H3,(H,14,15). The van der Waals surface area contributed by atoms with E-state index in [9.17, 15) is 9.59 Å². The van der Waals surface area contributed by atoms with Gasteiger partial charge in [0.2, 0.25) is 0 Å². The zero-order chi connectivity index (χ0) is 11.6. The van der Waals surface area contributed by atoms with E-state index in [1.165, 1.54) is 6.92 Å². The number of hydrogen-bond acceptors (Lipinski definition) is 2. The maximum absolute atomic E-state index is 11.0. The third kappa shape index (κ3) is 2.45. The molecule has 80 valence electrons. The number of carbonyl (C=O) groups excluding carboxylic acids is 1. The van der Waals surface area contributed by atoms with Crippen LogP contribution in [-0.2, 0) is 9.12 Å². The van der Waals surface area contributed by atoms with Gasteiger partial charge in [-0.1, -0.05) is 40.2 Å². The molecule has 0 aromatic heterocycles. The Morgan fingerprint density at radius 2 is 1.73 bits per heavy atom. The van der Waals surface area contributed by atoms with Crippen molar-refractivity contribution in [2.75, 3.05) is 0 Å². The fourth-order valence-corrected chi connectivity index (χ4v) is 1.41. The summed E-state index contributed by atoms with van der Waals surface area (Å²) in [6.07, 6.45) is 0. The van der Waals surface area contributed by atoms with Crippen LogP contribution in [0.2, 0.25) is 0 Å². The van der Waals surface area contributed by atoms with Crippen LogP contribution in [0.5, 0.6) is 0 Å². The average molecular weight is 271 g/mol. The predicted molar refractivity (Wildman–Crippen MR) is 60.4 cm³/mol. The molecule has 0 spiro atoms. The molecule has 0 amide bonds. The number of Topliss-reactive ketones (excluding diaryl/α,β-unsaturated/α-hetero) is 1. The maximum atomic E-state index is 11.0. The van der Waals surface area contributed by atoms with Gasteiger partial charge in [0.05, 0.1) is 0 Å². The lowest BCUT2D eigenvalue weighted by molar-refractivity contribution is -0.139. The van der Waals surface area contributed by atoms with Gasteiger partial charge in [0.1, 0.15) is 4.32 Å². The summed E-state index contributed by atoms with van der Waals surface area (Å²) in [6.45, 7) is 3.03. The van der Waals surface area contributed by atoms with Crippen LogP contribution in [0.1, 0.15) is 29.8 Å². The van der Waals surface area contributed by atoms with Gasteiger partial charge in [-0.2, -0.15) is 0 Å². The molecule has 0 bridgehead atoms. The van der Waals surface area contributed by atoms with Gasteiger partial charge in [0.15, 0.2) is 5.78 Å². The van der Waals surface area contributed by atoms with Crippen LogP contribution in [0.3, 0.4) is 0 Å². The van der Waals surface area contributed by atoms with E-state index in [0.29, 0.717) is 11.1 Å². The molecule has 0 aliphatic heterocycles. The van der Waals surface area contributed by atoms with E-state index in [4.69, 9.17) is 5.11 Å². The van der Waals surface area contributed by atoms with Gasteiger partial charge in [-0.05, 0) is 19.4 Å². The Bertz CT molecular complexity index is 393. The van der Waals surface area contributed by atoms with Crippen molar-refractivity contribution in [3.05, 3.63) is 35.4 Å². The zero-order valence-electron chi connectivity index (χ0n) is 8.45. The number of aliphatic carboxylic acids is 1. The highest BCUT2D eigenvalue weighted by atomic mass is 79.9. The summed E-state index contributed by atoms with van der Waals surface area (Å²) in [5.74, 6) is -0.994. The summed E-state index contributed by atoms with van der Waals surface area (Å²) in [5.41, 5.74) is 1.19. The molecule has 1 rings (SSSR count). The lowest BCUT2D eigenvalue weighted by Crippen LogP contribution is -2.24. The molecule has 0 saturated carbocycles. The molecule has 0 fully saturated rings. The van der Waals surface area contributed by atoms with Crippen LogP contribution in [-0.4, -0.2) is 16.9 Å². The SMILES string of the molecule is CC(=O)c1ccc(C(C)(Br)C(=O)O)cc1. The second-order valence-corrected chi connectivity index (χ2v) is 5.03.